The van der Waals surface area contributed by atoms with Gasteiger partial charge in [-0.1, -0.05) is 24.1 Å². The monoisotopic (exact) mass is 196 g/mol. The fourth-order valence-electron chi connectivity index (χ4n) is 1.02. The van der Waals surface area contributed by atoms with Crippen LogP contribution in [-0.4, -0.2) is 13.1 Å². The highest BCUT2D eigenvalue weighted by Crippen LogP contribution is 2.08. The number of allylic oxidation sites excluding steroid dienone is 3. The van der Waals surface area contributed by atoms with Crippen molar-refractivity contribution in [2.24, 2.45) is 0 Å². The van der Waals surface area contributed by atoms with Gasteiger partial charge in [0.2, 0.25) is 0 Å². The van der Waals surface area contributed by atoms with Gasteiger partial charge in [0.1, 0.15) is 0 Å². The van der Waals surface area contributed by atoms with Gasteiger partial charge in [-0.2, -0.15) is 0 Å². The van der Waals surface area contributed by atoms with Crippen molar-refractivity contribution >= 4 is 5.97 Å². The minimum absolute atomic E-state index is 0.265. The van der Waals surface area contributed by atoms with Crippen molar-refractivity contribution in [3.05, 3.63) is 23.3 Å². The first-order chi connectivity index (χ1) is 6.60. The van der Waals surface area contributed by atoms with E-state index < -0.39 is 0 Å². The van der Waals surface area contributed by atoms with E-state index in [2.05, 4.69) is 24.7 Å². The largest absolute Gasteiger partial charge is 0.466 e. The maximum atomic E-state index is 10.9. The third-order valence-corrected chi connectivity index (χ3v) is 2.15. The minimum atomic E-state index is -0.265. The summed E-state index contributed by atoms with van der Waals surface area (Å²) in [7, 11) is 1.40. The molecule has 0 rings (SSSR count). The average Bonchev–Trinajstić information content (AvgIpc) is 2.17. The number of ether oxygens (including phenoxy) is 1. The number of hydrogen-bond acceptors (Lipinski definition) is 2. The molecule has 0 aromatic rings. The van der Waals surface area contributed by atoms with Gasteiger partial charge in [0.05, 0.1) is 7.11 Å². The minimum Gasteiger partial charge on any atom is -0.466 e. The summed E-state index contributed by atoms with van der Waals surface area (Å²) in [5, 5.41) is 0. The first kappa shape index (κ1) is 12.9. The number of rotatable bonds is 5. The Morgan fingerprint density at radius 1 is 1.29 bits per heavy atom. The van der Waals surface area contributed by atoms with Crippen LogP contribution in [0.2, 0.25) is 0 Å². The van der Waals surface area contributed by atoms with Crippen molar-refractivity contribution in [1.82, 2.24) is 0 Å². The van der Waals surface area contributed by atoms with E-state index in [9.17, 15) is 4.79 Å². The normalized spacial score (nSPS) is 12.9. The molecule has 0 unspecified atom stereocenters. The van der Waals surface area contributed by atoms with E-state index in [4.69, 9.17) is 0 Å². The number of methoxy groups -OCH3 is 1. The SMILES string of the molecule is CC/C(C)=C\CC/C(C)=C/C(=O)OC. The van der Waals surface area contributed by atoms with Crippen molar-refractivity contribution in [3.63, 3.8) is 0 Å². The molecule has 0 spiro atoms. The van der Waals surface area contributed by atoms with Crippen molar-refractivity contribution in [3.8, 4) is 0 Å². The highest BCUT2D eigenvalue weighted by atomic mass is 16.5. The van der Waals surface area contributed by atoms with Crippen LogP contribution in [0.25, 0.3) is 0 Å². The summed E-state index contributed by atoms with van der Waals surface area (Å²) in [5.41, 5.74) is 2.47. The Balaban J connectivity index is 3.90. The Kier molecular flexibility index (Phi) is 6.81. The van der Waals surface area contributed by atoms with Crippen LogP contribution in [0.4, 0.5) is 0 Å². The highest BCUT2D eigenvalue weighted by molar-refractivity contribution is 5.82. The second-order valence-corrected chi connectivity index (χ2v) is 3.46. The second-order valence-electron chi connectivity index (χ2n) is 3.46. The molecule has 0 amide bonds. The quantitative estimate of drug-likeness (QED) is 0.383. The topological polar surface area (TPSA) is 26.3 Å². The van der Waals surface area contributed by atoms with Crippen LogP contribution in [0.1, 0.15) is 40.0 Å². The summed E-state index contributed by atoms with van der Waals surface area (Å²) in [6.07, 6.45) is 6.79. The van der Waals surface area contributed by atoms with Crippen LogP contribution in [0.3, 0.4) is 0 Å². The van der Waals surface area contributed by atoms with Crippen LogP contribution >= 0.6 is 0 Å². The summed E-state index contributed by atoms with van der Waals surface area (Å²) >= 11 is 0. The molecular formula is C12H20O2. The lowest BCUT2D eigenvalue weighted by molar-refractivity contribution is -0.134. The van der Waals surface area contributed by atoms with Gasteiger partial charge < -0.3 is 4.74 Å². The predicted molar refractivity (Wildman–Crippen MR) is 59.1 cm³/mol. The van der Waals surface area contributed by atoms with Gasteiger partial charge in [-0.25, -0.2) is 4.79 Å². The van der Waals surface area contributed by atoms with Gasteiger partial charge in [0.15, 0.2) is 0 Å². The Morgan fingerprint density at radius 2 is 1.93 bits per heavy atom. The zero-order valence-electron chi connectivity index (χ0n) is 9.59. The molecule has 0 aliphatic heterocycles. The van der Waals surface area contributed by atoms with Crippen molar-refractivity contribution in [2.45, 2.75) is 40.0 Å². The first-order valence-corrected chi connectivity index (χ1v) is 5.00. The van der Waals surface area contributed by atoms with Gasteiger partial charge in [0, 0.05) is 6.08 Å². The van der Waals surface area contributed by atoms with Crippen LogP contribution < -0.4 is 0 Å². The van der Waals surface area contributed by atoms with Gasteiger partial charge in [-0.3, -0.25) is 0 Å². The molecule has 0 aromatic heterocycles. The van der Waals surface area contributed by atoms with Crippen LogP contribution in [0, 0.1) is 0 Å². The molecule has 0 aliphatic carbocycles. The lowest BCUT2D eigenvalue weighted by Crippen LogP contribution is -1.95. The maximum Gasteiger partial charge on any atom is 0.330 e. The molecule has 0 saturated heterocycles. The lowest BCUT2D eigenvalue weighted by atomic mass is 10.1. The highest BCUT2D eigenvalue weighted by Gasteiger charge is 1.95. The molecular weight excluding hydrogens is 176 g/mol. The van der Waals surface area contributed by atoms with E-state index in [1.165, 1.54) is 12.7 Å². The molecule has 0 N–H and O–H groups in total. The smallest absolute Gasteiger partial charge is 0.330 e. The summed E-state index contributed by atoms with van der Waals surface area (Å²) < 4.78 is 4.54. The Hall–Kier alpha value is -1.05. The Morgan fingerprint density at radius 3 is 2.43 bits per heavy atom. The molecule has 0 radical (unpaired) electrons. The molecule has 2 nitrogen and oxygen atoms in total. The first-order valence-electron chi connectivity index (χ1n) is 5.00. The molecule has 14 heavy (non-hydrogen) atoms. The summed E-state index contributed by atoms with van der Waals surface area (Å²) in [6.45, 7) is 6.22. The predicted octanol–water partition coefficient (Wildman–Crippen LogP) is 3.24. The van der Waals surface area contributed by atoms with Gasteiger partial charge in [-0.05, 0) is 33.1 Å². The fraction of sp³-hybridized carbons (Fsp3) is 0.583. The zero-order chi connectivity index (χ0) is 11.0. The Bertz CT molecular complexity index is 237. The van der Waals surface area contributed by atoms with Gasteiger partial charge >= 0.3 is 5.97 Å². The van der Waals surface area contributed by atoms with Crippen molar-refractivity contribution < 1.29 is 9.53 Å². The molecule has 0 bridgehead atoms. The van der Waals surface area contributed by atoms with Crippen molar-refractivity contribution in [1.29, 1.82) is 0 Å². The zero-order valence-corrected chi connectivity index (χ0v) is 9.59. The molecule has 0 atom stereocenters. The van der Waals surface area contributed by atoms with E-state index in [0.717, 1.165) is 24.8 Å². The number of carbonyl (C=O) groups is 1. The van der Waals surface area contributed by atoms with E-state index in [1.807, 2.05) is 6.92 Å². The molecule has 0 fully saturated rings. The molecule has 80 valence electrons. The van der Waals surface area contributed by atoms with Crippen LogP contribution in [0.15, 0.2) is 23.3 Å². The number of esters is 1. The maximum absolute atomic E-state index is 10.9. The molecule has 2 heteroatoms. The molecule has 0 aromatic carbocycles. The van der Waals surface area contributed by atoms with Crippen LogP contribution in [0.5, 0.6) is 0 Å². The standard InChI is InChI=1S/C12H20O2/c1-5-10(2)7-6-8-11(3)9-12(13)14-4/h7,9H,5-6,8H2,1-4H3/b10-7-,11-9+. The average molecular weight is 196 g/mol. The lowest BCUT2D eigenvalue weighted by Gasteiger charge is -1.99. The van der Waals surface area contributed by atoms with Gasteiger partial charge in [0.25, 0.3) is 0 Å². The van der Waals surface area contributed by atoms with E-state index >= 15 is 0 Å². The third-order valence-electron chi connectivity index (χ3n) is 2.15. The van der Waals surface area contributed by atoms with E-state index in [1.54, 1.807) is 6.08 Å². The van der Waals surface area contributed by atoms with Crippen molar-refractivity contribution in [2.75, 3.05) is 7.11 Å². The fourth-order valence-corrected chi connectivity index (χ4v) is 1.02. The molecule has 0 aliphatic rings. The number of hydrogen-bond donors (Lipinski definition) is 0. The van der Waals surface area contributed by atoms with E-state index in [-0.39, 0.29) is 5.97 Å². The van der Waals surface area contributed by atoms with E-state index in [0.29, 0.717) is 0 Å². The summed E-state index contributed by atoms with van der Waals surface area (Å²) in [5.74, 6) is -0.265. The van der Waals surface area contributed by atoms with Gasteiger partial charge in [-0.15, -0.1) is 0 Å². The number of carbonyl (C=O) groups excluding carboxylic acids is 1. The summed E-state index contributed by atoms with van der Waals surface area (Å²) in [6, 6.07) is 0. The Labute approximate surface area is 86.6 Å². The molecule has 0 saturated carbocycles. The third kappa shape index (κ3) is 6.46. The summed E-state index contributed by atoms with van der Waals surface area (Å²) in [4.78, 5) is 10.9. The second kappa shape index (κ2) is 7.36. The molecule has 0 heterocycles. The van der Waals surface area contributed by atoms with Crippen LogP contribution in [-0.2, 0) is 9.53 Å².